The lowest BCUT2D eigenvalue weighted by Gasteiger charge is -2.33. The summed E-state index contributed by atoms with van der Waals surface area (Å²) in [4.78, 5) is 43.4. The molecule has 0 unspecified atom stereocenters. The van der Waals surface area contributed by atoms with Crippen LogP contribution in [0.1, 0.15) is 16.9 Å². The Bertz CT molecular complexity index is 809. The third-order valence-electron chi connectivity index (χ3n) is 3.97. The number of nitrogens with one attached hydrogen (secondary N) is 1. The fourth-order valence-corrected chi connectivity index (χ4v) is 3.41. The van der Waals surface area contributed by atoms with E-state index in [-0.39, 0.29) is 42.8 Å². The molecule has 136 valence electrons. The summed E-state index contributed by atoms with van der Waals surface area (Å²) in [6.45, 7) is 1.05. The second-order valence-corrected chi connectivity index (χ2v) is 6.62. The molecule has 2 aromatic rings. The fourth-order valence-electron chi connectivity index (χ4n) is 2.64. The van der Waals surface area contributed by atoms with E-state index in [0.717, 1.165) is 5.00 Å². The number of piperazine rings is 1. The highest BCUT2D eigenvalue weighted by molar-refractivity contribution is 7.14. The van der Waals surface area contributed by atoms with Crippen LogP contribution in [0.2, 0.25) is 0 Å². The highest BCUT2D eigenvalue weighted by Gasteiger charge is 2.28. The van der Waals surface area contributed by atoms with Crippen molar-refractivity contribution >= 4 is 34.1 Å². The Kier molecular flexibility index (Phi) is 5.47. The van der Waals surface area contributed by atoms with Crippen molar-refractivity contribution in [2.75, 3.05) is 31.1 Å². The Hall–Kier alpha value is -2.94. The number of carbonyl (C=O) groups is 3. The first-order valence-corrected chi connectivity index (χ1v) is 8.98. The topological polar surface area (TPSA) is 103 Å². The van der Waals surface area contributed by atoms with E-state index in [4.69, 9.17) is 0 Å². The van der Waals surface area contributed by atoms with Crippen molar-refractivity contribution in [1.29, 1.82) is 0 Å². The highest BCUT2D eigenvalue weighted by Crippen LogP contribution is 2.23. The van der Waals surface area contributed by atoms with E-state index in [1.807, 2.05) is 17.5 Å². The van der Waals surface area contributed by atoms with Crippen molar-refractivity contribution in [3.8, 4) is 5.75 Å². The van der Waals surface area contributed by atoms with Gasteiger partial charge in [-0.3, -0.25) is 14.4 Å². The number of hydrogen-bond acceptors (Lipinski definition) is 6. The van der Waals surface area contributed by atoms with Gasteiger partial charge in [-0.25, -0.2) is 4.98 Å². The molecule has 1 saturated heterocycles. The summed E-state index contributed by atoms with van der Waals surface area (Å²) >= 11 is 1.49. The summed E-state index contributed by atoms with van der Waals surface area (Å²) in [6.07, 6.45) is 1.48. The van der Waals surface area contributed by atoms with Crippen molar-refractivity contribution in [2.24, 2.45) is 0 Å². The van der Waals surface area contributed by atoms with Gasteiger partial charge in [0.25, 0.3) is 5.91 Å². The van der Waals surface area contributed by atoms with E-state index >= 15 is 0 Å². The maximum Gasteiger partial charge on any atom is 0.273 e. The molecule has 26 heavy (non-hydrogen) atoms. The van der Waals surface area contributed by atoms with Gasteiger partial charge in [-0.05, 0) is 29.6 Å². The Morgan fingerprint density at radius 2 is 2.12 bits per heavy atom. The number of thiophene rings is 1. The highest BCUT2D eigenvalue weighted by atomic mass is 32.1. The van der Waals surface area contributed by atoms with Crippen LogP contribution in [0.15, 0.2) is 35.8 Å². The van der Waals surface area contributed by atoms with Crippen LogP contribution in [0, 0.1) is 0 Å². The summed E-state index contributed by atoms with van der Waals surface area (Å²) in [5, 5.41) is 14.9. The second kappa shape index (κ2) is 7.96. The van der Waals surface area contributed by atoms with Crippen LogP contribution < -0.4 is 10.2 Å². The second-order valence-electron chi connectivity index (χ2n) is 5.69. The lowest BCUT2D eigenvalue weighted by molar-refractivity contribution is -0.136. The number of aromatic nitrogens is 1. The fraction of sp³-hybridized carbons (Fsp3) is 0.294. The van der Waals surface area contributed by atoms with E-state index < -0.39 is 5.91 Å². The van der Waals surface area contributed by atoms with Crippen molar-refractivity contribution in [2.45, 2.75) is 6.42 Å². The SMILES string of the molecule is O=C(NCCC(=O)N1CCN(c2cccs2)C(=O)C1)c1ncccc1O. The van der Waals surface area contributed by atoms with Gasteiger partial charge in [0.1, 0.15) is 12.3 Å². The van der Waals surface area contributed by atoms with E-state index in [1.165, 1.54) is 34.6 Å². The van der Waals surface area contributed by atoms with Crippen LogP contribution in [-0.4, -0.2) is 58.9 Å². The molecule has 1 fully saturated rings. The van der Waals surface area contributed by atoms with Gasteiger partial charge >= 0.3 is 0 Å². The monoisotopic (exact) mass is 374 g/mol. The Morgan fingerprint density at radius 3 is 2.81 bits per heavy atom. The van der Waals surface area contributed by atoms with Crippen LogP contribution in [0.3, 0.4) is 0 Å². The van der Waals surface area contributed by atoms with Gasteiger partial charge < -0.3 is 20.2 Å². The quantitative estimate of drug-likeness (QED) is 0.807. The number of rotatable bonds is 5. The zero-order valence-corrected chi connectivity index (χ0v) is 14.7. The Morgan fingerprint density at radius 1 is 1.27 bits per heavy atom. The largest absolute Gasteiger partial charge is 0.505 e. The summed E-state index contributed by atoms with van der Waals surface area (Å²) in [7, 11) is 0. The molecule has 3 heterocycles. The number of nitrogens with zero attached hydrogens (tertiary/aromatic N) is 3. The lowest BCUT2D eigenvalue weighted by Crippen LogP contribution is -2.52. The Labute approximate surface area is 154 Å². The molecule has 0 atom stereocenters. The van der Waals surface area contributed by atoms with Crippen LogP contribution in [0.4, 0.5) is 5.00 Å². The molecule has 0 aromatic carbocycles. The third kappa shape index (κ3) is 3.99. The zero-order valence-electron chi connectivity index (χ0n) is 13.9. The number of amides is 3. The van der Waals surface area contributed by atoms with Gasteiger partial charge in [-0.1, -0.05) is 0 Å². The number of anilines is 1. The molecule has 0 radical (unpaired) electrons. The van der Waals surface area contributed by atoms with Gasteiger partial charge in [0, 0.05) is 32.3 Å². The first-order chi connectivity index (χ1) is 12.6. The maximum absolute atomic E-state index is 12.3. The van der Waals surface area contributed by atoms with Crippen LogP contribution in [-0.2, 0) is 9.59 Å². The van der Waals surface area contributed by atoms with Crippen LogP contribution in [0.5, 0.6) is 5.75 Å². The summed E-state index contributed by atoms with van der Waals surface area (Å²) in [6, 6.07) is 6.64. The van der Waals surface area contributed by atoms with Crippen molar-refractivity contribution in [3.63, 3.8) is 0 Å². The molecule has 0 aliphatic carbocycles. The van der Waals surface area contributed by atoms with E-state index in [0.29, 0.717) is 13.1 Å². The molecule has 2 N–H and O–H groups in total. The van der Waals surface area contributed by atoms with Gasteiger partial charge in [0.2, 0.25) is 11.8 Å². The first kappa shape index (κ1) is 17.9. The standard InChI is InChI=1S/C17H18N4O4S/c22-12-3-1-6-18-16(12)17(25)19-7-5-13(23)20-8-9-21(14(24)11-20)15-4-2-10-26-15/h1-4,6,10,22H,5,7-9,11H2,(H,19,25). The molecular formula is C17H18N4O4S. The molecule has 0 saturated carbocycles. The third-order valence-corrected chi connectivity index (χ3v) is 4.86. The van der Waals surface area contributed by atoms with Gasteiger partial charge in [-0.2, -0.15) is 0 Å². The lowest BCUT2D eigenvalue weighted by atomic mass is 10.2. The predicted octanol–water partition coefficient (Wildman–Crippen LogP) is 0.844. The number of pyridine rings is 1. The van der Waals surface area contributed by atoms with E-state index in [9.17, 15) is 19.5 Å². The molecule has 0 bridgehead atoms. The first-order valence-electron chi connectivity index (χ1n) is 8.10. The molecule has 8 nitrogen and oxygen atoms in total. The van der Waals surface area contributed by atoms with Gasteiger partial charge in [0.15, 0.2) is 5.69 Å². The number of aromatic hydroxyl groups is 1. The minimum atomic E-state index is -0.547. The molecule has 3 amide bonds. The van der Waals surface area contributed by atoms with Crippen molar-refractivity contribution in [3.05, 3.63) is 41.5 Å². The average molecular weight is 374 g/mol. The molecule has 1 aliphatic heterocycles. The molecule has 2 aromatic heterocycles. The van der Waals surface area contributed by atoms with Crippen LogP contribution in [0.25, 0.3) is 0 Å². The maximum atomic E-state index is 12.3. The van der Waals surface area contributed by atoms with Crippen molar-refractivity contribution < 1.29 is 19.5 Å². The van der Waals surface area contributed by atoms with Crippen LogP contribution >= 0.6 is 11.3 Å². The number of carbonyl (C=O) groups excluding carboxylic acids is 3. The van der Waals surface area contributed by atoms with Gasteiger partial charge in [0.05, 0.1) is 5.00 Å². The molecule has 9 heteroatoms. The smallest absolute Gasteiger partial charge is 0.273 e. The molecule has 3 rings (SSSR count). The normalized spacial score (nSPS) is 14.4. The molecule has 0 spiro atoms. The van der Waals surface area contributed by atoms with E-state index in [2.05, 4.69) is 10.3 Å². The zero-order chi connectivity index (χ0) is 18.5. The van der Waals surface area contributed by atoms with E-state index in [1.54, 1.807) is 4.90 Å². The minimum Gasteiger partial charge on any atom is -0.505 e. The van der Waals surface area contributed by atoms with Gasteiger partial charge in [-0.15, -0.1) is 11.3 Å². The predicted molar refractivity (Wildman–Crippen MR) is 96.1 cm³/mol. The number of hydrogen-bond donors (Lipinski definition) is 2. The summed E-state index contributed by atoms with van der Waals surface area (Å²) < 4.78 is 0. The average Bonchev–Trinajstić information content (AvgIpc) is 3.16. The van der Waals surface area contributed by atoms with Crippen molar-refractivity contribution in [1.82, 2.24) is 15.2 Å². The molecular weight excluding hydrogens is 356 g/mol. The minimum absolute atomic E-state index is 0.0334. The summed E-state index contributed by atoms with van der Waals surface area (Å²) in [5.74, 6) is -1.08. The molecule has 1 aliphatic rings. The Balaban J connectivity index is 1.46. The summed E-state index contributed by atoms with van der Waals surface area (Å²) in [5.41, 5.74) is -0.0836.